The largest absolute Gasteiger partial charge is 0.360 e. The number of likely N-dealkylation sites (tertiary alicyclic amines) is 1. The van der Waals surface area contributed by atoms with E-state index in [1.807, 2.05) is 29.3 Å². The number of aromatic nitrogens is 3. The minimum atomic E-state index is 0.0790. The van der Waals surface area contributed by atoms with Crippen molar-refractivity contribution in [2.24, 2.45) is 0 Å². The van der Waals surface area contributed by atoms with Crippen LogP contribution in [0.5, 0.6) is 0 Å². The van der Waals surface area contributed by atoms with Crippen molar-refractivity contribution in [1.82, 2.24) is 19.9 Å². The number of H-pyrrole nitrogens is 2. The van der Waals surface area contributed by atoms with Gasteiger partial charge in [-0.05, 0) is 54.7 Å². The Hall–Kier alpha value is -2.79. The lowest BCUT2D eigenvalue weighted by atomic mass is 9.89. The Morgan fingerprint density at radius 3 is 2.81 bits per heavy atom. The van der Waals surface area contributed by atoms with Gasteiger partial charge in [-0.15, -0.1) is 0 Å². The smallest absolute Gasteiger partial charge is 0.254 e. The van der Waals surface area contributed by atoms with Crippen LogP contribution in [-0.4, -0.2) is 38.8 Å². The highest BCUT2D eigenvalue weighted by atomic mass is 35.5. The van der Waals surface area contributed by atoms with Crippen molar-refractivity contribution in [2.45, 2.75) is 18.8 Å². The van der Waals surface area contributed by atoms with Crippen molar-refractivity contribution < 1.29 is 4.79 Å². The average molecular weight is 379 g/mol. The van der Waals surface area contributed by atoms with E-state index >= 15 is 0 Å². The summed E-state index contributed by atoms with van der Waals surface area (Å²) in [6.45, 7) is 1.51. The van der Waals surface area contributed by atoms with Gasteiger partial charge in [0.05, 0.1) is 10.5 Å². The van der Waals surface area contributed by atoms with Gasteiger partial charge in [0.1, 0.15) is 5.65 Å². The zero-order valence-electron chi connectivity index (χ0n) is 14.7. The number of nitrogens with zero attached hydrogens (tertiary/aromatic N) is 2. The van der Waals surface area contributed by atoms with E-state index in [-0.39, 0.29) is 5.91 Å². The van der Waals surface area contributed by atoms with Crippen LogP contribution in [0.3, 0.4) is 0 Å². The lowest BCUT2D eigenvalue weighted by Crippen LogP contribution is -2.38. The minimum absolute atomic E-state index is 0.0790. The molecule has 1 aromatic carbocycles. The molecule has 6 heteroatoms. The minimum Gasteiger partial charge on any atom is -0.360 e. The lowest BCUT2D eigenvalue weighted by molar-refractivity contribution is 0.0715. The molecule has 0 saturated carbocycles. The van der Waals surface area contributed by atoms with E-state index in [0.29, 0.717) is 16.5 Å². The van der Waals surface area contributed by atoms with Crippen molar-refractivity contribution in [2.75, 3.05) is 13.1 Å². The fourth-order valence-corrected chi connectivity index (χ4v) is 4.41. The Bertz CT molecular complexity index is 1140. The molecule has 5 nitrogen and oxygen atoms in total. The monoisotopic (exact) mass is 378 g/mol. The SMILES string of the molecule is O=C(c1ccc(Cl)c2[nH]ccc12)N1CCC(c2c[nH]c3ncccc23)CC1. The standard InChI is InChI=1S/C21H19ClN4O/c22-18-4-3-16(14-5-9-23-19(14)18)21(27)26-10-6-13(7-11-26)17-12-25-20-15(17)2-1-8-24-20/h1-5,8-9,12-13,23H,6-7,10-11H2,(H,24,25). The van der Waals surface area contributed by atoms with Crippen LogP contribution < -0.4 is 0 Å². The van der Waals surface area contributed by atoms with Crippen LogP contribution in [0.1, 0.15) is 34.7 Å². The zero-order chi connectivity index (χ0) is 18.4. The van der Waals surface area contributed by atoms with Crippen LogP contribution in [0.15, 0.2) is 48.9 Å². The van der Waals surface area contributed by atoms with Gasteiger partial charge < -0.3 is 14.9 Å². The number of carbonyl (C=O) groups is 1. The number of fused-ring (bicyclic) bond motifs is 2. The molecule has 1 aliphatic heterocycles. The van der Waals surface area contributed by atoms with Crippen LogP contribution in [0.25, 0.3) is 21.9 Å². The second-order valence-corrected chi connectivity index (χ2v) is 7.48. The number of piperidine rings is 1. The topological polar surface area (TPSA) is 64.8 Å². The fraction of sp³-hybridized carbons (Fsp3) is 0.238. The molecule has 2 N–H and O–H groups in total. The van der Waals surface area contributed by atoms with Gasteiger partial charge in [-0.1, -0.05) is 11.6 Å². The molecule has 0 spiro atoms. The fourth-order valence-electron chi connectivity index (χ4n) is 4.19. The summed E-state index contributed by atoms with van der Waals surface area (Å²) in [6.07, 6.45) is 7.61. The molecule has 3 aromatic heterocycles. The number of nitrogens with one attached hydrogen (secondary N) is 2. The molecule has 0 unspecified atom stereocenters. The molecule has 1 amide bonds. The zero-order valence-corrected chi connectivity index (χ0v) is 15.5. The van der Waals surface area contributed by atoms with Gasteiger partial charge in [0.2, 0.25) is 0 Å². The van der Waals surface area contributed by atoms with Gasteiger partial charge >= 0.3 is 0 Å². The molecule has 136 valence electrons. The Labute approximate surface area is 161 Å². The first-order chi connectivity index (χ1) is 13.2. The van der Waals surface area contributed by atoms with E-state index in [4.69, 9.17) is 11.6 Å². The Morgan fingerprint density at radius 1 is 1.11 bits per heavy atom. The number of aromatic amines is 2. The molecule has 0 bridgehead atoms. The van der Waals surface area contributed by atoms with Crippen LogP contribution in [-0.2, 0) is 0 Å². The molecule has 27 heavy (non-hydrogen) atoms. The van der Waals surface area contributed by atoms with E-state index in [1.165, 1.54) is 10.9 Å². The normalized spacial score (nSPS) is 15.7. The third kappa shape index (κ3) is 2.70. The molecule has 1 saturated heterocycles. The van der Waals surface area contributed by atoms with E-state index in [1.54, 1.807) is 12.3 Å². The first-order valence-electron chi connectivity index (χ1n) is 9.19. The molecule has 0 atom stereocenters. The Morgan fingerprint density at radius 2 is 1.96 bits per heavy atom. The van der Waals surface area contributed by atoms with Gasteiger partial charge in [-0.25, -0.2) is 4.98 Å². The summed E-state index contributed by atoms with van der Waals surface area (Å²) >= 11 is 6.22. The molecule has 1 fully saturated rings. The summed E-state index contributed by atoms with van der Waals surface area (Å²) in [7, 11) is 0. The first-order valence-corrected chi connectivity index (χ1v) is 9.57. The van der Waals surface area contributed by atoms with Crippen LogP contribution >= 0.6 is 11.6 Å². The highest BCUT2D eigenvalue weighted by Gasteiger charge is 2.27. The van der Waals surface area contributed by atoms with Crippen LogP contribution in [0, 0.1) is 0 Å². The molecule has 0 aliphatic carbocycles. The summed E-state index contributed by atoms with van der Waals surface area (Å²) in [5, 5.41) is 2.71. The predicted octanol–water partition coefficient (Wildman–Crippen LogP) is 4.72. The van der Waals surface area contributed by atoms with Gasteiger partial charge in [0.15, 0.2) is 0 Å². The summed E-state index contributed by atoms with van der Waals surface area (Å²) in [5.41, 5.74) is 3.78. The predicted molar refractivity (Wildman–Crippen MR) is 107 cm³/mol. The Kier molecular flexibility index (Phi) is 3.90. The van der Waals surface area contributed by atoms with E-state index in [2.05, 4.69) is 27.2 Å². The molecule has 4 heterocycles. The number of rotatable bonds is 2. The van der Waals surface area contributed by atoms with E-state index in [0.717, 1.165) is 42.5 Å². The maximum atomic E-state index is 13.1. The number of halogens is 1. The molecule has 4 aromatic rings. The lowest BCUT2D eigenvalue weighted by Gasteiger charge is -2.32. The number of hydrogen-bond acceptors (Lipinski definition) is 2. The van der Waals surface area contributed by atoms with Crippen LogP contribution in [0.4, 0.5) is 0 Å². The third-order valence-corrected chi connectivity index (χ3v) is 5.92. The number of carbonyl (C=O) groups excluding carboxylic acids is 1. The highest BCUT2D eigenvalue weighted by molar-refractivity contribution is 6.35. The van der Waals surface area contributed by atoms with Gasteiger partial charge in [-0.3, -0.25) is 4.79 Å². The van der Waals surface area contributed by atoms with E-state index < -0.39 is 0 Å². The summed E-state index contributed by atoms with van der Waals surface area (Å²) < 4.78 is 0. The van der Waals surface area contributed by atoms with Crippen molar-refractivity contribution in [3.63, 3.8) is 0 Å². The molecule has 5 rings (SSSR count). The number of amides is 1. The molecular formula is C21H19ClN4O. The average Bonchev–Trinajstić information content (AvgIpc) is 3.36. The first kappa shape index (κ1) is 16.4. The summed E-state index contributed by atoms with van der Waals surface area (Å²) in [4.78, 5) is 25.8. The summed E-state index contributed by atoms with van der Waals surface area (Å²) in [6, 6.07) is 9.63. The molecule has 1 aliphatic rings. The van der Waals surface area contributed by atoms with Crippen molar-refractivity contribution in [1.29, 1.82) is 0 Å². The Balaban J connectivity index is 1.36. The summed E-state index contributed by atoms with van der Waals surface area (Å²) in [5.74, 6) is 0.528. The maximum absolute atomic E-state index is 13.1. The van der Waals surface area contributed by atoms with Gasteiger partial charge in [-0.2, -0.15) is 0 Å². The van der Waals surface area contributed by atoms with Gasteiger partial charge in [0, 0.05) is 48.0 Å². The molecule has 0 radical (unpaired) electrons. The number of pyridine rings is 1. The second-order valence-electron chi connectivity index (χ2n) is 7.07. The molecular weight excluding hydrogens is 360 g/mol. The van der Waals surface area contributed by atoms with Crippen LogP contribution in [0.2, 0.25) is 5.02 Å². The number of benzene rings is 1. The van der Waals surface area contributed by atoms with Crippen molar-refractivity contribution in [3.05, 3.63) is 65.1 Å². The number of hydrogen-bond donors (Lipinski definition) is 2. The van der Waals surface area contributed by atoms with Crippen molar-refractivity contribution in [3.8, 4) is 0 Å². The van der Waals surface area contributed by atoms with Crippen molar-refractivity contribution >= 4 is 39.4 Å². The second kappa shape index (κ2) is 6.43. The third-order valence-electron chi connectivity index (χ3n) is 5.61. The van der Waals surface area contributed by atoms with Gasteiger partial charge in [0.25, 0.3) is 5.91 Å². The quantitative estimate of drug-likeness (QED) is 0.530. The maximum Gasteiger partial charge on any atom is 0.254 e. The van der Waals surface area contributed by atoms with E-state index in [9.17, 15) is 4.79 Å². The highest BCUT2D eigenvalue weighted by Crippen LogP contribution is 2.34.